The van der Waals surface area contributed by atoms with Gasteiger partial charge in [0.15, 0.2) is 5.78 Å². The van der Waals surface area contributed by atoms with Crippen LogP contribution in [0.25, 0.3) is 0 Å². The van der Waals surface area contributed by atoms with Crippen molar-refractivity contribution in [3.8, 4) is 6.07 Å². The number of allylic oxidation sites excluding steroid dienone is 3. The van der Waals surface area contributed by atoms with Gasteiger partial charge in [0, 0.05) is 12.0 Å². The zero-order valence-corrected chi connectivity index (χ0v) is 13.4. The van der Waals surface area contributed by atoms with E-state index in [4.69, 9.17) is 5.73 Å². The van der Waals surface area contributed by atoms with E-state index in [1.54, 1.807) is 0 Å². The van der Waals surface area contributed by atoms with Gasteiger partial charge in [0.05, 0.1) is 5.69 Å². The molecule has 0 unspecified atom stereocenters. The smallest absolute Gasteiger partial charge is 0.184 e. The average molecular weight is 306 g/mol. The molecule has 1 aliphatic carbocycles. The molecule has 0 saturated heterocycles. The molecule has 0 radical (unpaired) electrons. The molecule has 5 heteroatoms. The summed E-state index contributed by atoms with van der Waals surface area (Å²) >= 11 is 0. The number of ketones is 1. The van der Waals surface area contributed by atoms with Crippen molar-refractivity contribution in [2.45, 2.75) is 27.2 Å². The molecule has 2 aliphatic rings. The van der Waals surface area contributed by atoms with Gasteiger partial charge in [-0.2, -0.15) is 10.4 Å². The molecule has 0 atom stereocenters. The van der Waals surface area contributed by atoms with E-state index < -0.39 is 0 Å². The third-order valence-electron chi connectivity index (χ3n) is 4.01. The van der Waals surface area contributed by atoms with Crippen LogP contribution in [0, 0.1) is 23.7 Å². The molecule has 1 aromatic rings. The molecule has 1 heterocycles. The molecule has 0 amide bonds. The van der Waals surface area contributed by atoms with Gasteiger partial charge in [-0.3, -0.25) is 4.79 Å². The Kier molecular flexibility index (Phi) is 3.33. The maximum Gasteiger partial charge on any atom is 0.184 e. The highest BCUT2D eigenvalue weighted by molar-refractivity contribution is 6.48. The van der Waals surface area contributed by atoms with Crippen molar-refractivity contribution >= 4 is 17.2 Å². The van der Waals surface area contributed by atoms with E-state index in [0.29, 0.717) is 23.3 Å². The first-order chi connectivity index (χ1) is 10.8. The van der Waals surface area contributed by atoms with Crippen molar-refractivity contribution in [3.63, 3.8) is 0 Å². The summed E-state index contributed by atoms with van der Waals surface area (Å²) in [5, 5.41) is 15.4. The number of Topliss-reactive ketones (excluding diaryl/α,β-unsaturated/α-hetero) is 1. The SMILES string of the molecule is Cc1ccc(N2N=C3C(=O)CC(C)(C)C=C3C(C#N)=C2N)cc1. The Hall–Kier alpha value is -2.87. The number of nitrogens with two attached hydrogens (primary N) is 1. The number of aryl methyl sites for hydroxylation is 1. The molecule has 0 bridgehead atoms. The van der Waals surface area contributed by atoms with Crippen LogP contribution in [0.1, 0.15) is 25.8 Å². The highest BCUT2D eigenvalue weighted by Crippen LogP contribution is 2.37. The molecule has 0 aromatic heterocycles. The Balaban J connectivity index is 2.18. The summed E-state index contributed by atoms with van der Waals surface area (Å²) in [5.74, 6) is 0.182. The second kappa shape index (κ2) is 5.10. The average Bonchev–Trinajstić information content (AvgIpc) is 2.47. The Bertz CT molecular complexity index is 820. The van der Waals surface area contributed by atoms with Gasteiger partial charge in [-0.25, -0.2) is 5.01 Å². The van der Waals surface area contributed by atoms with E-state index in [1.165, 1.54) is 5.01 Å². The van der Waals surface area contributed by atoms with Gasteiger partial charge in [-0.05, 0) is 24.5 Å². The van der Waals surface area contributed by atoms with Crippen LogP contribution < -0.4 is 10.7 Å². The minimum atomic E-state index is -0.306. The van der Waals surface area contributed by atoms with Crippen LogP contribution in [-0.4, -0.2) is 11.5 Å². The second-order valence-corrected chi connectivity index (χ2v) is 6.61. The molecule has 0 fully saturated rings. The largest absolute Gasteiger partial charge is 0.383 e. The Labute approximate surface area is 135 Å². The number of rotatable bonds is 1. The number of hydrazone groups is 1. The highest BCUT2D eigenvalue weighted by Gasteiger charge is 2.37. The zero-order valence-electron chi connectivity index (χ0n) is 13.4. The lowest BCUT2D eigenvalue weighted by Crippen LogP contribution is -2.38. The molecular formula is C18H18N4O. The minimum absolute atomic E-state index is 0.0649. The maximum absolute atomic E-state index is 12.5. The standard InChI is InChI=1S/C18H18N4O/c1-11-4-6-12(7-5-11)22-17(20)14(10-19)13-8-18(2,3)9-15(23)16(13)21-22/h4-8H,9,20H2,1-3H3. The van der Waals surface area contributed by atoms with E-state index in [9.17, 15) is 10.1 Å². The monoisotopic (exact) mass is 306 g/mol. The molecular weight excluding hydrogens is 288 g/mol. The van der Waals surface area contributed by atoms with Crippen LogP contribution in [0.4, 0.5) is 5.69 Å². The van der Waals surface area contributed by atoms with Gasteiger partial charge in [-0.15, -0.1) is 0 Å². The number of benzene rings is 1. The van der Waals surface area contributed by atoms with Gasteiger partial charge < -0.3 is 5.73 Å². The van der Waals surface area contributed by atoms with Crippen molar-refractivity contribution in [3.05, 3.63) is 52.9 Å². The molecule has 3 rings (SSSR count). The minimum Gasteiger partial charge on any atom is -0.383 e. The Morgan fingerprint density at radius 1 is 1.30 bits per heavy atom. The number of hydrogen-bond donors (Lipinski definition) is 1. The van der Waals surface area contributed by atoms with Gasteiger partial charge in [0.1, 0.15) is 23.2 Å². The quantitative estimate of drug-likeness (QED) is 0.865. The number of anilines is 1. The summed E-state index contributed by atoms with van der Waals surface area (Å²) in [5.41, 5.74) is 8.87. The summed E-state index contributed by atoms with van der Waals surface area (Å²) in [4.78, 5) is 12.5. The third-order valence-corrected chi connectivity index (χ3v) is 4.01. The first-order valence-electron chi connectivity index (χ1n) is 7.44. The number of nitriles is 1. The van der Waals surface area contributed by atoms with E-state index >= 15 is 0 Å². The molecule has 116 valence electrons. The molecule has 23 heavy (non-hydrogen) atoms. The second-order valence-electron chi connectivity index (χ2n) is 6.61. The lowest BCUT2D eigenvalue weighted by molar-refractivity contribution is -0.114. The van der Waals surface area contributed by atoms with E-state index in [-0.39, 0.29) is 17.0 Å². The van der Waals surface area contributed by atoms with Gasteiger partial charge in [0.2, 0.25) is 0 Å². The summed E-state index contributed by atoms with van der Waals surface area (Å²) in [7, 11) is 0. The topological polar surface area (TPSA) is 82.5 Å². The predicted molar refractivity (Wildman–Crippen MR) is 89.4 cm³/mol. The lowest BCUT2D eigenvalue weighted by Gasteiger charge is -2.33. The van der Waals surface area contributed by atoms with E-state index in [1.807, 2.05) is 51.1 Å². The van der Waals surface area contributed by atoms with Crippen LogP contribution in [0.2, 0.25) is 0 Å². The first-order valence-corrected chi connectivity index (χ1v) is 7.44. The van der Waals surface area contributed by atoms with Gasteiger partial charge in [-0.1, -0.05) is 37.6 Å². The normalized spacial score (nSPS) is 19.7. The van der Waals surface area contributed by atoms with E-state index in [0.717, 1.165) is 11.3 Å². The van der Waals surface area contributed by atoms with Crippen molar-refractivity contribution < 1.29 is 4.79 Å². The van der Waals surface area contributed by atoms with Gasteiger partial charge in [0.25, 0.3) is 0 Å². The summed E-state index contributed by atoms with van der Waals surface area (Å²) in [6.45, 7) is 5.91. The lowest BCUT2D eigenvalue weighted by atomic mass is 9.76. The van der Waals surface area contributed by atoms with Crippen molar-refractivity contribution in [2.75, 3.05) is 5.01 Å². The molecule has 0 saturated carbocycles. The van der Waals surface area contributed by atoms with Crippen LogP contribution in [0.5, 0.6) is 0 Å². The molecule has 2 N–H and O–H groups in total. The zero-order chi connectivity index (χ0) is 16.8. The number of nitrogens with zero attached hydrogens (tertiary/aromatic N) is 3. The summed E-state index contributed by atoms with van der Waals surface area (Å²) < 4.78 is 0. The van der Waals surface area contributed by atoms with Crippen molar-refractivity contribution in [1.82, 2.24) is 0 Å². The van der Waals surface area contributed by atoms with Gasteiger partial charge >= 0.3 is 0 Å². The van der Waals surface area contributed by atoms with Crippen molar-refractivity contribution in [1.29, 1.82) is 5.26 Å². The van der Waals surface area contributed by atoms with Crippen LogP contribution >= 0.6 is 0 Å². The maximum atomic E-state index is 12.5. The number of carbonyl (C=O) groups excluding carboxylic acids is 1. The van der Waals surface area contributed by atoms with Crippen LogP contribution in [-0.2, 0) is 4.79 Å². The van der Waals surface area contributed by atoms with Crippen molar-refractivity contribution in [2.24, 2.45) is 16.3 Å². The first kappa shape index (κ1) is 15.0. The number of carbonyl (C=O) groups is 1. The fourth-order valence-electron chi connectivity index (χ4n) is 2.86. The highest BCUT2D eigenvalue weighted by atomic mass is 16.1. The third kappa shape index (κ3) is 2.53. The summed E-state index contributed by atoms with van der Waals surface area (Å²) in [6, 6.07) is 9.74. The van der Waals surface area contributed by atoms with E-state index in [2.05, 4.69) is 11.2 Å². The Morgan fingerprint density at radius 3 is 2.57 bits per heavy atom. The summed E-state index contributed by atoms with van der Waals surface area (Å²) in [6.07, 6.45) is 2.29. The Morgan fingerprint density at radius 2 is 1.96 bits per heavy atom. The number of hydrogen-bond acceptors (Lipinski definition) is 5. The molecule has 1 aliphatic heterocycles. The molecule has 5 nitrogen and oxygen atoms in total. The van der Waals surface area contributed by atoms with Crippen LogP contribution in [0.15, 0.2) is 52.4 Å². The number of fused-ring (bicyclic) bond motifs is 1. The van der Waals surface area contributed by atoms with Crippen LogP contribution in [0.3, 0.4) is 0 Å². The fraction of sp³-hybridized carbons (Fsp3) is 0.278. The molecule has 0 spiro atoms. The predicted octanol–water partition coefficient (Wildman–Crippen LogP) is 2.79. The fourth-order valence-corrected chi connectivity index (χ4v) is 2.86. The molecule has 1 aromatic carbocycles.